The van der Waals surface area contributed by atoms with Gasteiger partial charge in [-0.25, -0.2) is 4.39 Å². The summed E-state index contributed by atoms with van der Waals surface area (Å²) in [6, 6.07) is 10.2. The number of nitrogens with one attached hydrogen (secondary N) is 1. The third-order valence-electron chi connectivity index (χ3n) is 2.84. The van der Waals surface area contributed by atoms with Crippen LogP contribution in [-0.4, -0.2) is 13.2 Å². The molecule has 0 radical (unpaired) electrons. The third-order valence-corrected chi connectivity index (χ3v) is 2.84. The van der Waals surface area contributed by atoms with E-state index in [2.05, 4.69) is 5.32 Å². The van der Waals surface area contributed by atoms with Gasteiger partial charge in [-0.1, -0.05) is 0 Å². The molecule has 0 unspecified atom stereocenters. The second kappa shape index (κ2) is 6.35. The van der Waals surface area contributed by atoms with Crippen molar-refractivity contribution in [2.24, 2.45) is 0 Å². The highest BCUT2D eigenvalue weighted by Crippen LogP contribution is 2.31. The summed E-state index contributed by atoms with van der Waals surface area (Å²) < 4.78 is 24.3. The van der Waals surface area contributed by atoms with Gasteiger partial charge < -0.3 is 20.5 Å². The Morgan fingerprint density at radius 1 is 1.14 bits per heavy atom. The number of hydrogen-bond donors (Lipinski definition) is 2. The third kappa shape index (κ3) is 3.78. The molecule has 0 saturated carbocycles. The molecule has 0 aliphatic heterocycles. The lowest BCUT2D eigenvalue weighted by Crippen LogP contribution is -2.08. The standard InChI is InChI=1S/C16H19FN2O2/c1-10(2)21-16-9-15(14(18)8-13(16)17)19-11-4-6-12(20-3)7-5-11/h4-10,19H,18H2,1-3H3. The SMILES string of the molecule is COc1ccc(Nc2cc(OC(C)C)c(F)cc2N)cc1. The number of ether oxygens (including phenoxy) is 2. The van der Waals surface area contributed by atoms with E-state index in [0.29, 0.717) is 11.4 Å². The predicted molar refractivity (Wildman–Crippen MR) is 82.9 cm³/mol. The Hall–Kier alpha value is -2.43. The maximum absolute atomic E-state index is 13.8. The Labute approximate surface area is 123 Å². The zero-order valence-corrected chi connectivity index (χ0v) is 12.3. The molecule has 0 fully saturated rings. The van der Waals surface area contributed by atoms with Gasteiger partial charge in [-0.15, -0.1) is 0 Å². The highest BCUT2D eigenvalue weighted by atomic mass is 19.1. The van der Waals surface area contributed by atoms with Crippen LogP contribution in [0.1, 0.15) is 13.8 Å². The van der Waals surface area contributed by atoms with Crippen LogP contribution in [0, 0.1) is 5.82 Å². The fourth-order valence-electron chi connectivity index (χ4n) is 1.85. The van der Waals surface area contributed by atoms with Crippen LogP contribution in [0.2, 0.25) is 0 Å². The van der Waals surface area contributed by atoms with Crippen molar-refractivity contribution in [1.29, 1.82) is 0 Å². The van der Waals surface area contributed by atoms with Crippen LogP contribution in [-0.2, 0) is 0 Å². The Balaban J connectivity index is 2.25. The number of methoxy groups -OCH3 is 1. The number of nitrogens with two attached hydrogens (primary N) is 1. The fraction of sp³-hybridized carbons (Fsp3) is 0.250. The van der Waals surface area contributed by atoms with E-state index in [9.17, 15) is 4.39 Å². The molecule has 112 valence electrons. The topological polar surface area (TPSA) is 56.5 Å². The van der Waals surface area contributed by atoms with Crippen LogP contribution in [0.5, 0.6) is 11.5 Å². The summed E-state index contributed by atoms with van der Waals surface area (Å²) in [5, 5.41) is 3.14. The summed E-state index contributed by atoms with van der Waals surface area (Å²) in [5.74, 6) is 0.466. The van der Waals surface area contributed by atoms with Crippen molar-refractivity contribution < 1.29 is 13.9 Å². The molecule has 0 amide bonds. The van der Waals surface area contributed by atoms with E-state index in [1.54, 1.807) is 13.2 Å². The molecular weight excluding hydrogens is 271 g/mol. The summed E-state index contributed by atoms with van der Waals surface area (Å²) in [4.78, 5) is 0. The van der Waals surface area contributed by atoms with E-state index in [4.69, 9.17) is 15.2 Å². The molecule has 3 N–H and O–H groups in total. The molecule has 0 saturated heterocycles. The molecule has 0 aromatic heterocycles. The van der Waals surface area contributed by atoms with Crippen LogP contribution in [0.25, 0.3) is 0 Å². The highest BCUT2D eigenvalue weighted by Gasteiger charge is 2.11. The quantitative estimate of drug-likeness (QED) is 0.819. The lowest BCUT2D eigenvalue weighted by atomic mass is 10.2. The zero-order chi connectivity index (χ0) is 15.4. The normalized spacial score (nSPS) is 10.5. The number of benzene rings is 2. The fourth-order valence-corrected chi connectivity index (χ4v) is 1.85. The van der Waals surface area contributed by atoms with Crippen LogP contribution in [0.15, 0.2) is 36.4 Å². The summed E-state index contributed by atoms with van der Waals surface area (Å²) in [6.07, 6.45) is -0.114. The van der Waals surface area contributed by atoms with Crippen molar-refractivity contribution in [2.45, 2.75) is 20.0 Å². The van der Waals surface area contributed by atoms with Crippen LogP contribution in [0.3, 0.4) is 0 Å². The molecule has 5 heteroatoms. The van der Waals surface area contributed by atoms with Gasteiger partial charge in [0.2, 0.25) is 0 Å². The van der Waals surface area contributed by atoms with Crippen molar-refractivity contribution in [3.05, 3.63) is 42.2 Å². The monoisotopic (exact) mass is 290 g/mol. The van der Waals surface area contributed by atoms with E-state index in [-0.39, 0.29) is 11.9 Å². The van der Waals surface area contributed by atoms with Gasteiger partial charge in [-0.3, -0.25) is 0 Å². The Morgan fingerprint density at radius 2 is 1.81 bits per heavy atom. The first kappa shape index (κ1) is 15.0. The number of nitrogen functional groups attached to an aromatic ring is 1. The molecule has 0 aliphatic rings. The molecule has 0 bridgehead atoms. The van der Waals surface area contributed by atoms with E-state index < -0.39 is 5.82 Å². The minimum atomic E-state index is -0.471. The number of anilines is 3. The number of halogens is 1. The zero-order valence-electron chi connectivity index (χ0n) is 12.3. The Bertz CT molecular complexity index is 612. The van der Waals surface area contributed by atoms with Crippen molar-refractivity contribution in [3.63, 3.8) is 0 Å². The van der Waals surface area contributed by atoms with Crippen LogP contribution in [0.4, 0.5) is 21.5 Å². The second-order valence-electron chi connectivity index (χ2n) is 4.89. The van der Waals surface area contributed by atoms with Gasteiger partial charge in [0, 0.05) is 17.8 Å². The molecule has 2 rings (SSSR count). The molecule has 0 heterocycles. The first-order chi connectivity index (χ1) is 9.99. The number of hydrogen-bond acceptors (Lipinski definition) is 4. The number of rotatable bonds is 5. The molecule has 0 atom stereocenters. The summed E-state index contributed by atoms with van der Waals surface area (Å²) in [5.41, 5.74) is 7.58. The average molecular weight is 290 g/mol. The summed E-state index contributed by atoms with van der Waals surface area (Å²) in [7, 11) is 1.61. The van der Waals surface area contributed by atoms with Crippen LogP contribution < -0.4 is 20.5 Å². The largest absolute Gasteiger partial charge is 0.497 e. The Kier molecular flexibility index (Phi) is 4.52. The van der Waals surface area contributed by atoms with Crippen molar-refractivity contribution in [1.82, 2.24) is 0 Å². The van der Waals surface area contributed by atoms with Gasteiger partial charge in [0.1, 0.15) is 5.75 Å². The van der Waals surface area contributed by atoms with Crippen molar-refractivity contribution in [2.75, 3.05) is 18.2 Å². The lowest BCUT2D eigenvalue weighted by molar-refractivity contribution is 0.231. The van der Waals surface area contributed by atoms with E-state index in [0.717, 1.165) is 11.4 Å². The maximum atomic E-state index is 13.8. The Morgan fingerprint density at radius 3 is 2.38 bits per heavy atom. The van der Waals surface area contributed by atoms with Gasteiger partial charge in [0.25, 0.3) is 0 Å². The van der Waals surface area contributed by atoms with Gasteiger partial charge >= 0.3 is 0 Å². The average Bonchev–Trinajstić information content (AvgIpc) is 2.44. The minimum absolute atomic E-state index is 0.114. The molecule has 0 spiro atoms. The van der Waals surface area contributed by atoms with E-state index >= 15 is 0 Å². The van der Waals surface area contributed by atoms with Gasteiger partial charge in [0.15, 0.2) is 11.6 Å². The van der Waals surface area contributed by atoms with Gasteiger partial charge in [-0.05, 0) is 38.1 Å². The molecule has 2 aromatic rings. The van der Waals surface area contributed by atoms with Crippen molar-refractivity contribution >= 4 is 17.1 Å². The van der Waals surface area contributed by atoms with Crippen molar-refractivity contribution in [3.8, 4) is 11.5 Å². The lowest BCUT2D eigenvalue weighted by Gasteiger charge is -2.15. The minimum Gasteiger partial charge on any atom is -0.497 e. The molecule has 0 aliphatic carbocycles. The molecule has 4 nitrogen and oxygen atoms in total. The first-order valence-corrected chi connectivity index (χ1v) is 6.66. The summed E-state index contributed by atoms with van der Waals surface area (Å²) in [6.45, 7) is 3.68. The maximum Gasteiger partial charge on any atom is 0.167 e. The van der Waals surface area contributed by atoms with E-state index in [1.165, 1.54) is 6.07 Å². The highest BCUT2D eigenvalue weighted by molar-refractivity contribution is 5.74. The first-order valence-electron chi connectivity index (χ1n) is 6.66. The second-order valence-corrected chi connectivity index (χ2v) is 4.89. The van der Waals surface area contributed by atoms with Gasteiger partial charge in [0.05, 0.1) is 24.6 Å². The summed E-state index contributed by atoms with van der Waals surface area (Å²) >= 11 is 0. The molecule has 2 aromatic carbocycles. The molecule has 21 heavy (non-hydrogen) atoms. The predicted octanol–water partition coefficient (Wildman–Crippen LogP) is 3.95. The van der Waals surface area contributed by atoms with Gasteiger partial charge in [-0.2, -0.15) is 0 Å². The molecular formula is C16H19FN2O2. The van der Waals surface area contributed by atoms with E-state index in [1.807, 2.05) is 38.1 Å². The van der Waals surface area contributed by atoms with Crippen LogP contribution >= 0.6 is 0 Å². The smallest absolute Gasteiger partial charge is 0.167 e.